The van der Waals surface area contributed by atoms with E-state index in [1.165, 1.54) is 6.26 Å². The van der Waals surface area contributed by atoms with Gasteiger partial charge in [0.25, 0.3) is 0 Å². The predicted octanol–water partition coefficient (Wildman–Crippen LogP) is 2.53. The van der Waals surface area contributed by atoms with Gasteiger partial charge in [0, 0.05) is 0 Å². The Morgan fingerprint density at radius 3 is 2.64 bits per heavy atom. The van der Waals surface area contributed by atoms with Crippen LogP contribution < -0.4 is 0 Å². The summed E-state index contributed by atoms with van der Waals surface area (Å²) in [5, 5.41) is 0. The quantitative estimate of drug-likeness (QED) is 0.437. The van der Waals surface area contributed by atoms with Crippen molar-refractivity contribution in [1.82, 2.24) is 0 Å². The van der Waals surface area contributed by atoms with Crippen molar-refractivity contribution in [2.75, 3.05) is 6.07 Å². The van der Waals surface area contributed by atoms with Crippen molar-refractivity contribution in [3.05, 3.63) is 48.4 Å². The van der Waals surface area contributed by atoms with Crippen LogP contribution in [0.2, 0.25) is 0 Å². The zero-order valence-electron chi connectivity index (χ0n) is 7.35. The van der Waals surface area contributed by atoms with Gasteiger partial charge in [-0.15, -0.1) is 0 Å². The molecule has 1 aromatic carbocycles. The van der Waals surface area contributed by atoms with Crippen molar-refractivity contribution in [1.29, 1.82) is 0 Å². The number of hydrogen-bond acceptors (Lipinski definition) is 3. The van der Waals surface area contributed by atoms with Gasteiger partial charge in [-0.05, 0) is 12.1 Å². The largest absolute Gasteiger partial charge is 0.482 e. The molecule has 1 aromatic rings. The summed E-state index contributed by atoms with van der Waals surface area (Å²) >= 11 is 5.22. The number of rotatable bonds is 4. The normalized spacial score (nSPS) is 10.1. The van der Waals surface area contributed by atoms with Gasteiger partial charge in [-0.2, -0.15) is 0 Å². The second-order valence-electron chi connectivity index (χ2n) is 2.32. The fourth-order valence-corrected chi connectivity index (χ4v) is 0.880. The van der Waals surface area contributed by atoms with E-state index in [1.807, 2.05) is 6.07 Å². The van der Waals surface area contributed by atoms with Crippen molar-refractivity contribution in [2.45, 2.75) is 0 Å². The number of carbonyl (C=O) groups is 1. The molecular formula is C10H9ClO3. The van der Waals surface area contributed by atoms with Crippen LogP contribution in [-0.4, -0.2) is 12.0 Å². The van der Waals surface area contributed by atoms with E-state index in [0.717, 1.165) is 6.26 Å². The lowest BCUT2D eigenvalue weighted by atomic mass is 10.2. The summed E-state index contributed by atoms with van der Waals surface area (Å²) in [6, 6.07) is 8.70. The van der Waals surface area contributed by atoms with E-state index in [2.05, 4.69) is 4.74 Å². The predicted molar refractivity (Wildman–Crippen MR) is 52.8 cm³/mol. The third kappa shape index (κ3) is 3.49. The molecular weight excluding hydrogens is 204 g/mol. The molecule has 0 N–H and O–H groups in total. The fraction of sp³-hybridized carbons (Fsp3) is 0.100. The summed E-state index contributed by atoms with van der Waals surface area (Å²) < 4.78 is 9.35. The van der Waals surface area contributed by atoms with E-state index in [1.54, 1.807) is 24.3 Å². The molecule has 0 bridgehead atoms. The Kier molecular flexibility index (Phi) is 4.58. The highest BCUT2D eigenvalue weighted by atomic mass is 35.5. The zero-order chi connectivity index (χ0) is 10.2. The maximum absolute atomic E-state index is 11.2. The molecule has 0 saturated heterocycles. The number of ether oxygens (including phenoxy) is 2. The number of halogens is 1. The molecule has 0 fully saturated rings. The molecule has 0 saturated carbocycles. The Bertz CT molecular complexity index is 308. The van der Waals surface area contributed by atoms with Gasteiger partial charge < -0.3 is 9.47 Å². The van der Waals surface area contributed by atoms with Crippen molar-refractivity contribution in [2.24, 2.45) is 0 Å². The lowest BCUT2D eigenvalue weighted by Crippen LogP contribution is -1.99. The topological polar surface area (TPSA) is 35.5 Å². The van der Waals surface area contributed by atoms with Crippen LogP contribution in [0.3, 0.4) is 0 Å². The first-order valence-corrected chi connectivity index (χ1v) is 4.46. The van der Waals surface area contributed by atoms with Crippen LogP contribution in [0.5, 0.6) is 0 Å². The van der Waals surface area contributed by atoms with Crippen LogP contribution in [0.1, 0.15) is 10.4 Å². The van der Waals surface area contributed by atoms with Gasteiger partial charge in [-0.1, -0.05) is 29.8 Å². The van der Waals surface area contributed by atoms with Crippen molar-refractivity contribution in [3.63, 3.8) is 0 Å². The Balaban J connectivity index is 2.44. The molecule has 0 aromatic heterocycles. The minimum Gasteiger partial charge on any atom is -0.482 e. The Morgan fingerprint density at radius 1 is 1.29 bits per heavy atom. The molecule has 0 spiro atoms. The molecule has 0 aliphatic heterocycles. The van der Waals surface area contributed by atoms with Crippen LogP contribution in [0, 0.1) is 0 Å². The van der Waals surface area contributed by atoms with Gasteiger partial charge in [0.05, 0.1) is 5.56 Å². The molecule has 0 heterocycles. The Labute approximate surface area is 86.9 Å². The third-order valence-corrected chi connectivity index (χ3v) is 1.53. The SMILES string of the molecule is O=C(O/C=C/OCCl)c1ccccc1. The number of benzene rings is 1. The maximum atomic E-state index is 11.2. The molecule has 0 unspecified atom stereocenters. The summed E-state index contributed by atoms with van der Waals surface area (Å²) in [5.41, 5.74) is 0.489. The van der Waals surface area contributed by atoms with E-state index in [-0.39, 0.29) is 6.07 Å². The van der Waals surface area contributed by atoms with Crippen LogP contribution in [-0.2, 0) is 9.47 Å². The molecule has 4 heteroatoms. The van der Waals surface area contributed by atoms with E-state index in [0.29, 0.717) is 5.56 Å². The monoisotopic (exact) mass is 212 g/mol. The number of esters is 1. The molecule has 14 heavy (non-hydrogen) atoms. The second-order valence-corrected chi connectivity index (χ2v) is 2.54. The van der Waals surface area contributed by atoms with Crippen LogP contribution in [0.4, 0.5) is 0 Å². The van der Waals surface area contributed by atoms with E-state index < -0.39 is 5.97 Å². The molecule has 0 atom stereocenters. The summed E-state index contributed by atoms with van der Waals surface area (Å²) in [5.74, 6) is -0.431. The molecule has 74 valence electrons. The summed E-state index contributed by atoms with van der Waals surface area (Å²) in [6.07, 6.45) is 2.37. The molecule has 0 radical (unpaired) electrons. The number of hydrogen-bond donors (Lipinski definition) is 0. The minimum absolute atomic E-state index is 0.0272. The summed E-state index contributed by atoms with van der Waals surface area (Å²) in [4.78, 5) is 11.2. The van der Waals surface area contributed by atoms with Gasteiger partial charge in [0.2, 0.25) is 0 Å². The van der Waals surface area contributed by atoms with Crippen LogP contribution in [0.15, 0.2) is 42.9 Å². The summed E-state index contributed by atoms with van der Waals surface area (Å²) in [7, 11) is 0. The first-order valence-electron chi connectivity index (χ1n) is 3.93. The van der Waals surface area contributed by atoms with Gasteiger partial charge in [0.1, 0.15) is 12.5 Å². The molecule has 0 amide bonds. The van der Waals surface area contributed by atoms with E-state index in [4.69, 9.17) is 16.3 Å². The Hall–Kier alpha value is -1.48. The third-order valence-electron chi connectivity index (χ3n) is 1.40. The number of alkyl halides is 1. The highest BCUT2D eigenvalue weighted by molar-refractivity contribution is 6.17. The second kappa shape index (κ2) is 6.05. The number of carbonyl (C=O) groups excluding carboxylic acids is 1. The van der Waals surface area contributed by atoms with Crippen molar-refractivity contribution >= 4 is 17.6 Å². The average molecular weight is 213 g/mol. The van der Waals surface area contributed by atoms with Crippen LogP contribution in [0.25, 0.3) is 0 Å². The van der Waals surface area contributed by atoms with Gasteiger partial charge >= 0.3 is 5.97 Å². The highest BCUT2D eigenvalue weighted by Crippen LogP contribution is 2.01. The highest BCUT2D eigenvalue weighted by Gasteiger charge is 2.02. The fourth-order valence-electron chi connectivity index (χ4n) is 0.808. The van der Waals surface area contributed by atoms with Crippen LogP contribution >= 0.6 is 11.6 Å². The van der Waals surface area contributed by atoms with Gasteiger partial charge in [-0.3, -0.25) is 0 Å². The molecule has 1 rings (SSSR count). The molecule has 0 aliphatic carbocycles. The van der Waals surface area contributed by atoms with E-state index in [9.17, 15) is 4.79 Å². The van der Waals surface area contributed by atoms with E-state index >= 15 is 0 Å². The van der Waals surface area contributed by atoms with Gasteiger partial charge in [-0.25, -0.2) is 4.79 Å². The van der Waals surface area contributed by atoms with Crippen molar-refractivity contribution < 1.29 is 14.3 Å². The zero-order valence-corrected chi connectivity index (χ0v) is 8.11. The minimum atomic E-state index is -0.431. The lowest BCUT2D eigenvalue weighted by Gasteiger charge is -1.97. The standard InChI is InChI=1S/C10H9ClO3/c11-8-13-6-7-14-10(12)9-4-2-1-3-5-9/h1-7H,8H2/b7-6+. The Morgan fingerprint density at radius 2 is 2.00 bits per heavy atom. The van der Waals surface area contributed by atoms with Crippen molar-refractivity contribution in [3.8, 4) is 0 Å². The first kappa shape index (κ1) is 10.6. The average Bonchev–Trinajstić information content (AvgIpc) is 2.25. The molecule has 0 aliphatic rings. The summed E-state index contributed by atoms with van der Waals surface area (Å²) in [6.45, 7) is 0. The molecule has 3 nitrogen and oxygen atoms in total. The first-order chi connectivity index (χ1) is 6.84. The van der Waals surface area contributed by atoms with Gasteiger partial charge in [0.15, 0.2) is 6.07 Å². The smallest absolute Gasteiger partial charge is 0.343 e. The lowest BCUT2D eigenvalue weighted by molar-refractivity contribution is 0.0654. The maximum Gasteiger partial charge on any atom is 0.343 e.